The van der Waals surface area contributed by atoms with Crippen molar-refractivity contribution in [3.63, 3.8) is 0 Å². The highest BCUT2D eigenvalue weighted by Gasteiger charge is 2.07. The Labute approximate surface area is 106 Å². The maximum Gasteiger partial charge on any atom is 0.226 e. The number of hydrogen-bond donors (Lipinski definition) is 2. The third kappa shape index (κ3) is 5.74. The van der Waals surface area contributed by atoms with Gasteiger partial charge in [-0.2, -0.15) is 0 Å². The van der Waals surface area contributed by atoms with Crippen molar-refractivity contribution in [2.45, 2.75) is 45.4 Å². The average Bonchev–Trinajstić information content (AvgIpc) is 2.74. The van der Waals surface area contributed by atoms with Gasteiger partial charge in [0.2, 0.25) is 11.0 Å². The Bertz CT molecular complexity index is 340. The summed E-state index contributed by atoms with van der Waals surface area (Å²) < 4.78 is 0. The van der Waals surface area contributed by atoms with E-state index in [2.05, 4.69) is 22.4 Å². The van der Waals surface area contributed by atoms with Crippen molar-refractivity contribution in [1.82, 2.24) is 10.2 Å². The van der Waals surface area contributed by atoms with Gasteiger partial charge in [-0.1, -0.05) is 24.7 Å². The standard InChI is InChI=1S/C11H20N4OS/c1-2-3-6-9(16)13-11-15-14-10(17-11)7-4-5-8-12/h2-8,12H2,1H3,(H,13,15,16). The summed E-state index contributed by atoms with van der Waals surface area (Å²) in [6.45, 7) is 2.77. The minimum atomic E-state index is 0.0245. The van der Waals surface area contributed by atoms with Gasteiger partial charge in [-0.05, 0) is 25.8 Å². The number of nitrogens with two attached hydrogens (primary N) is 1. The fourth-order valence-electron chi connectivity index (χ4n) is 1.34. The zero-order valence-corrected chi connectivity index (χ0v) is 11.1. The third-order valence-corrected chi connectivity index (χ3v) is 3.21. The minimum absolute atomic E-state index is 0.0245. The maximum atomic E-state index is 11.5. The van der Waals surface area contributed by atoms with Gasteiger partial charge in [0.1, 0.15) is 5.01 Å². The van der Waals surface area contributed by atoms with E-state index in [1.807, 2.05) is 0 Å². The smallest absolute Gasteiger partial charge is 0.226 e. The molecule has 1 aromatic heterocycles. The predicted molar refractivity (Wildman–Crippen MR) is 70.1 cm³/mol. The molecule has 0 spiro atoms. The lowest BCUT2D eigenvalue weighted by Crippen LogP contribution is -2.10. The molecule has 0 fully saturated rings. The Morgan fingerprint density at radius 3 is 2.88 bits per heavy atom. The Hall–Kier alpha value is -1.01. The Morgan fingerprint density at radius 2 is 2.18 bits per heavy atom. The van der Waals surface area contributed by atoms with Gasteiger partial charge >= 0.3 is 0 Å². The van der Waals surface area contributed by atoms with Crippen LogP contribution < -0.4 is 11.1 Å². The number of aromatic nitrogens is 2. The number of carbonyl (C=O) groups is 1. The van der Waals surface area contributed by atoms with Gasteiger partial charge < -0.3 is 11.1 Å². The SMILES string of the molecule is CCCCC(=O)Nc1nnc(CCCCN)s1. The van der Waals surface area contributed by atoms with Crippen LogP contribution in [0.25, 0.3) is 0 Å². The molecule has 5 nitrogen and oxygen atoms in total. The molecule has 0 saturated heterocycles. The molecule has 0 aromatic carbocycles. The molecule has 96 valence electrons. The summed E-state index contributed by atoms with van der Waals surface area (Å²) in [7, 11) is 0. The number of amides is 1. The van der Waals surface area contributed by atoms with Crippen molar-refractivity contribution in [1.29, 1.82) is 0 Å². The Balaban J connectivity index is 2.32. The minimum Gasteiger partial charge on any atom is -0.330 e. The van der Waals surface area contributed by atoms with Gasteiger partial charge in [-0.3, -0.25) is 4.79 Å². The number of rotatable bonds is 8. The predicted octanol–water partition coefficient (Wildman–Crippen LogP) is 1.95. The highest BCUT2D eigenvalue weighted by molar-refractivity contribution is 7.15. The van der Waals surface area contributed by atoms with Gasteiger partial charge in [0.05, 0.1) is 0 Å². The van der Waals surface area contributed by atoms with E-state index < -0.39 is 0 Å². The first kappa shape index (κ1) is 14.1. The van der Waals surface area contributed by atoms with Crippen molar-refractivity contribution in [3.05, 3.63) is 5.01 Å². The summed E-state index contributed by atoms with van der Waals surface area (Å²) in [6, 6.07) is 0. The second-order valence-electron chi connectivity index (χ2n) is 3.90. The molecule has 1 heterocycles. The summed E-state index contributed by atoms with van der Waals surface area (Å²) in [6.07, 6.45) is 5.40. The first-order valence-electron chi connectivity index (χ1n) is 6.08. The van der Waals surface area contributed by atoms with Gasteiger partial charge in [-0.25, -0.2) is 0 Å². The van der Waals surface area contributed by atoms with Crippen LogP contribution in [0.15, 0.2) is 0 Å². The maximum absolute atomic E-state index is 11.5. The normalized spacial score (nSPS) is 10.5. The Morgan fingerprint density at radius 1 is 1.35 bits per heavy atom. The van der Waals surface area contributed by atoms with Gasteiger partial charge in [0, 0.05) is 12.8 Å². The fourth-order valence-corrected chi connectivity index (χ4v) is 2.14. The number of unbranched alkanes of at least 4 members (excludes halogenated alkanes) is 2. The number of carbonyl (C=O) groups excluding carboxylic acids is 1. The lowest BCUT2D eigenvalue weighted by atomic mass is 10.2. The highest BCUT2D eigenvalue weighted by atomic mass is 32.1. The molecule has 0 unspecified atom stereocenters. The van der Waals surface area contributed by atoms with E-state index in [0.717, 1.165) is 37.1 Å². The van der Waals surface area contributed by atoms with Gasteiger partial charge in [-0.15, -0.1) is 10.2 Å². The van der Waals surface area contributed by atoms with Crippen molar-refractivity contribution < 1.29 is 4.79 Å². The average molecular weight is 256 g/mol. The lowest BCUT2D eigenvalue weighted by molar-refractivity contribution is -0.116. The summed E-state index contributed by atoms with van der Waals surface area (Å²) in [5, 5.41) is 12.3. The van der Waals surface area contributed by atoms with Crippen LogP contribution >= 0.6 is 11.3 Å². The van der Waals surface area contributed by atoms with Crippen molar-refractivity contribution in [2.75, 3.05) is 11.9 Å². The summed E-state index contributed by atoms with van der Waals surface area (Å²) >= 11 is 1.45. The molecule has 6 heteroatoms. The second-order valence-corrected chi connectivity index (χ2v) is 4.96. The largest absolute Gasteiger partial charge is 0.330 e. The van der Waals surface area contributed by atoms with Crippen molar-refractivity contribution in [3.8, 4) is 0 Å². The highest BCUT2D eigenvalue weighted by Crippen LogP contribution is 2.17. The molecule has 3 N–H and O–H groups in total. The topological polar surface area (TPSA) is 80.9 Å². The van der Waals surface area contributed by atoms with E-state index in [1.54, 1.807) is 0 Å². The molecule has 0 aliphatic carbocycles. The zero-order valence-electron chi connectivity index (χ0n) is 10.2. The molecular weight excluding hydrogens is 236 g/mol. The first-order chi connectivity index (χ1) is 8.26. The van der Waals surface area contributed by atoms with Crippen LogP contribution in [0.1, 0.15) is 44.0 Å². The zero-order chi connectivity index (χ0) is 12.5. The fraction of sp³-hybridized carbons (Fsp3) is 0.727. The van der Waals surface area contributed by atoms with Gasteiger partial charge in [0.25, 0.3) is 0 Å². The van der Waals surface area contributed by atoms with Crippen molar-refractivity contribution >= 4 is 22.4 Å². The Kier molecular flexibility index (Phi) is 6.73. The molecule has 0 aliphatic rings. The summed E-state index contributed by atoms with van der Waals surface area (Å²) in [4.78, 5) is 11.5. The molecule has 1 amide bonds. The van der Waals surface area contributed by atoms with Crippen LogP contribution in [-0.2, 0) is 11.2 Å². The number of nitrogens with zero attached hydrogens (tertiary/aromatic N) is 2. The summed E-state index contributed by atoms with van der Waals surface area (Å²) in [5.41, 5.74) is 5.42. The van der Waals surface area contributed by atoms with Crippen LogP contribution in [0, 0.1) is 0 Å². The van der Waals surface area contributed by atoms with E-state index in [4.69, 9.17) is 5.73 Å². The van der Waals surface area contributed by atoms with Crippen LogP contribution in [0.3, 0.4) is 0 Å². The number of aryl methyl sites for hydroxylation is 1. The van der Waals surface area contributed by atoms with E-state index in [1.165, 1.54) is 11.3 Å². The molecule has 0 bridgehead atoms. The summed E-state index contributed by atoms with van der Waals surface area (Å²) in [5.74, 6) is 0.0245. The van der Waals surface area contributed by atoms with Crippen LogP contribution in [0.5, 0.6) is 0 Å². The van der Waals surface area contributed by atoms with Gasteiger partial charge in [0.15, 0.2) is 0 Å². The molecule has 0 radical (unpaired) electrons. The third-order valence-electron chi connectivity index (χ3n) is 2.32. The van der Waals surface area contributed by atoms with Crippen LogP contribution in [0.2, 0.25) is 0 Å². The number of nitrogens with one attached hydrogen (secondary N) is 1. The van der Waals surface area contributed by atoms with E-state index in [0.29, 0.717) is 18.1 Å². The van der Waals surface area contributed by atoms with Crippen LogP contribution in [-0.4, -0.2) is 22.6 Å². The molecule has 1 aromatic rings. The number of hydrogen-bond acceptors (Lipinski definition) is 5. The lowest BCUT2D eigenvalue weighted by Gasteiger charge is -1.98. The van der Waals surface area contributed by atoms with Crippen LogP contribution in [0.4, 0.5) is 5.13 Å². The molecule has 0 aliphatic heterocycles. The quantitative estimate of drug-likeness (QED) is 0.697. The van der Waals surface area contributed by atoms with E-state index in [-0.39, 0.29) is 5.91 Å². The molecule has 1 rings (SSSR count). The molecular formula is C11H20N4OS. The van der Waals surface area contributed by atoms with E-state index >= 15 is 0 Å². The molecule has 0 saturated carbocycles. The van der Waals surface area contributed by atoms with Crippen molar-refractivity contribution in [2.24, 2.45) is 5.73 Å². The molecule has 0 atom stereocenters. The van der Waals surface area contributed by atoms with E-state index in [9.17, 15) is 4.79 Å². The number of anilines is 1. The first-order valence-corrected chi connectivity index (χ1v) is 6.90. The second kappa shape index (κ2) is 8.14. The molecule has 17 heavy (non-hydrogen) atoms. The monoisotopic (exact) mass is 256 g/mol.